The van der Waals surface area contributed by atoms with E-state index in [4.69, 9.17) is 10.5 Å². The van der Waals surface area contributed by atoms with E-state index in [9.17, 15) is 9.59 Å². The van der Waals surface area contributed by atoms with Crippen molar-refractivity contribution in [2.45, 2.75) is 38.8 Å². The van der Waals surface area contributed by atoms with E-state index in [-0.39, 0.29) is 6.61 Å². The summed E-state index contributed by atoms with van der Waals surface area (Å²) < 4.78 is 4.93. The number of unbranched alkanes of at least 4 members (excludes halogenated alkanes) is 1. The van der Waals surface area contributed by atoms with Crippen LogP contribution in [-0.4, -0.2) is 18.0 Å². The molecule has 0 unspecified atom stereocenters. The van der Waals surface area contributed by atoms with E-state index in [2.05, 4.69) is 5.32 Å². The number of carbonyl (C=O) groups excluding carboxylic acids is 2. The molecular weight excluding hydrogens is 244 g/mol. The van der Waals surface area contributed by atoms with Gasteiger partial charge in [0.1, 0.15) is 6.61 Å². The van der Waals surface area contributed by atoms with Crippen molar-refractivity contribution in [3.8, 4) is 0 Å². The molecule has 0 heterocycles. The molecule has 0 fully saturated rings. The number of alkyl carbamates (subject to hydrolysis) is 1. The molecule has 104 valence electrons. The molecule has 1 rings (SSSR count). The maximum atomic E-state index is 11.5. The monoisotopic (exact) mass is 264 g/mol. The molecule has 1 atom stereocenters. The molecule has 3 N–H and O–H groups in total. The summed E-state index contributed by atoms with van der Waals surface area (Å²) in [5.41, 5.74) is 6.50. The van der Waals surface area contributed by atoms with Gasteiger partial charge in [-0.1, -0.05) is 50.1 Å². The largest absolute Gasteiger partial charge is 0.444 e. The fourth-order valence-electron chi connectivity index (χ4n) is 1.51. The van der Waals surface area contributed by atoms with Gasteiger partial charge < -0.3 is 10.5 Å². The summed E-state index contributed by atoms with van der Waals surface area (Å²) in [6, 6.07) is 8.58. The Labute approximate surface area is 113 Å². The van der Waals surface area contributed by atoms with Gasteiger partial charge in [0.15, 0.2) is 0 Å². The number of amides is 2. The van der Waals surface area contributed by atoms with Crippen molar-refractivity contribution in [2.75, 3.05) is 0 Å². The first-order valence-corrected chi connectivity index (χ1v) is 6.40. The Balaban J connectivity index is 2.29. The number of ether oxygens (including phenoxy) is 1. The molecule has 0 aliphatic carbocycles. The summed E-state index contributed by atoms with van der Waals surface area (Å²) in [6.45, 7) is 2.14. The Hall–Kier alpha value is -1.88. The first-order chi connectivity index (χ1) is 9.13. The molecule has 5 heteroatoms. The lowest BCUT2D eigenvalue weighted by molar-refractivity contribution is -0.121. The van der Waals surface area contributed by atoms with Gasteiger partial charge in [0, 0.05) is 0 Å². The molecule has 0 bridgehead atoms. The predicted molar refractivity (Wildman–Crippen MR) is 72.3 cm³/mol. The molecule has 0 radical (unpaired) electrons. The van der Waals surface area contributed by atoms with E-state index in [0.29, 0.717) is 6.42 Å². The number of rotatable bonds is 6. The van der Waals surface area contributed by atoms with Gasteiger partial charge >= 0.3 is 6.09 Å². The third kappa shape index (κ3) is 6.01. The van der Waals surface area contributed by atoms with Crippen LogP contribution >= 0.6 is 0 Å². The minimum absolute atomic E-state index is 0.129. The highest BCUT2D eigenvalue weighted by Gasteiger charge is 2.16. The van der Waals surface area contributed by atoms with Gasteiger partial charge in [0.2, 0.25) is 5.91 Å². The lowest BCUT2D eigenvalue weighted by Gasteiger charge is -2.11. The van der Waals surface area contributed by atoms with Crippen LogP contribution in [0.15, 0.2) is 30.3 Å². The molecular formula is C14H20N2O3. The lowest BCUT2D eigenvalue weighted by atomic mass is 10.1. The van der Waals surface area contributed by atoms with Gasteiger partial charge in [-0.25, -0.2) is 4.79 Å². The van der Waals surface area contributed by atoms with Gasteiger partial charge in [-0.3, -0.25) is 10.1 Å². The van der Waals surface area contributed by atoms with Crippen molar-refractivity contribution in [1.29, 1.82) is 0 Å². The third-order valence-corrected chi connectivity index (χ3v) is 2.64. The highest BCUT2D eigenvalue weighted by molar-refractivity contribution is 5.94. The Morgan fingerprint density at radius 1 is 1.32 bits per heavy atom. The summed E-state index contributed by atoms with van der Waals surface area (Å²) in [7, 11) is 0. The molecule has 19 heavy (non-hydrogen) atoms. The molecule has 1 aromatic carbocycles. The average Bonchev–Trinajstić information content (AvgIpc) is 2.43. The molecule has 0 spiro atoms. The van der Waals surface area contributed by atoms with Crippen LogP contribution in [0.2, 0.25) is 0 Å². The Bertz CT molecular complexity index is 406. The Morgan fingerprint density at radius 3 is 2.63 bits per heavy atom. The summed E-state index contributed by atoms with van der Waals surface area (Å²) in [4.78, 5) is 22.9. The van der Waals surface area contributed by atoms with Gasteiger partial charge in [-0.05, 0) is 12.0 Å². The maximum absolute atomic E-state index is 11.5. The predicted octanol–water partition coefficient (Wildman–Crippen LogP) is 1.96. The molecule has 0 aromatic heterocycles. The van der Waals surface area contributed by atoms with Crippen molar-refractivity contribution in [3.05, 3.63) is 35.9 Å². The smallest absolute Gasteiger partial charge is 0.414 e. The van der Waals surface area contributed by atoms with Crippen LogP contribution in [0.25, 0.3) is 0 Å². The summed E-state index contributed by atoms with van der Waals surface area (Å²) >= 11 is 0. The maximum Gasteiger partial charge on any atom is 0.414 e. The number of carbonyl (C=O) groups is 2. The zero-order valence-corrected chi connectivity index (χ0v) is 11.1. The number of benzene rings is 1. The second-order valence-electron chi connectivity index (χ2n) is 4.30. The number of nitrogens with one attached hydrogen (secondary N) is 1. The van der Waals surface area contributed by atoms with E-state index in [1.54, 1.807) is 0 Å². The van der Waals surface area contributed by atoms with E-state index in [1.807, 2.05) is 37.3 Å². The van der Waals surface area contributed by atoms with E-state index in [0.717, 1.165) is 18.4 Å². The summed E-state index contributed by atoms with van der Waals surface area (Å²) in [5.74, 6) is -0.494. The molecule has 0 aliphatic rings. The molecule has 5 nitrogen and oxygen atoms in total. The number of nitrogens with two attached hydrogens (primary N) is 1. The highest BCUT2D eigenvalue weighted by atomic mass is 16.5. The van der Waals surface area contributed by atoms with Crippen LogP contribution in [-0.2, 0) is 16.1 Å². The van der Waals surface area contributed by atoms with Crippen LogP contribution in [0.1, 0.15) is 31.7 Å². The second-order valence-corrected chi connectivity index (χ2v) is 4.30. The van der Waals surface area contributed by atoms with E-state index < -0.39 is 18.0 Å². The van der Waals surface area contributed by atoms with Gasteiger partial charge in [-0.2, -0.15) is 0 Å². The van der Waals surface area contributed by atoms with Crippen molar-refractivity contribution in [2.24, 2.45) is 5.73 Å². The summed E-state index contributed by atoms with van der Waals surface area (Å²) in [5, 5.41) is 2.13. The number of imide groups is 1. The molecule has 0 saturated carbocycles. The van der Waals surface area contributed by atoms with Crippen molar-refractivity contribution >= 4 is 12.0 Å². The average molecular weight is 264 g/mol. The van der Waals surface area contributed by atoms with Crippen LogP contribution in [0.3, 0.4) is 0 Å². The Kier molecular flexibility index (Phi) is 6.60. The zero-order valence-electron chi connectivity index (χ0n) is 11.1. The lowest BCUT2D eigenvalue weighted by Crippen LogP contribution is -2.43. The quantitative estimate of drug-likeness (QED) is 0.823. The minimum atomic E-state index is -0.763. The topological polar surface area (TPSA) is 81.4 Å². The van der Waals surface area contributed by atoms with Gasteiger partial charge in [0.05, 0.1) is 6.04 Å². The molecule has 1 aromatic rings. The van der Waals surface area contributed by atoms with Crippen LogP contribution in [0.4, 0.5) is 4.79 Å². The van der Waals surface area contributed by atoms with E-state index in [1.165, 1.54) is 0 Å². The molecule has 2 amide bonds. The summed E-state index contributed by atoms with van der Waals surface area (Å²) in [6.07, 6.45) is 1.61. The minimum Gasteiger partial charge on any atom is -0.444 e. The van der Waals surface area contributed by atoms with Crippen molar-refractivity contribution < 1.29 is 14.3 Å². The van der Waals surface area contributed by atoms with Crippen LogP contribution in [0.5, 0.6) is 0 Å². The standard InChI is InChI=1S/C14H20N2O3/c1-2-3-9-12(15)13(17)16-14(18)19-10-11-7-5-4-6-8-11/h4-8,12H,2-3,9-10,15H2,1H3,(H,16,17,18)/t12-/m0/s1. The van der Waals surface area contributed by atoms with Crippen LogP contribution < -0.4 is 11.1 Å². The fraction of sp³-hybridized carbons (Fsp3) is 0.429. The third-order valence-electron chi connectivity index (χ3n) is 2.64. The Morgan fingerprint density at radius 2 is 2.00 bits per heavy atom. The van der Waals surface area contributed by atoms with Crippen molar-refractivity contribution in [1.82, 2.24) is 5.32 Å². The first-order valence-electron chi connectivity index (χ1n) is 6.40. The fourth-order valence-corrected chi connectivity index (χ4v) is 1.51. The first kappa shape index (κ1) is 15.2. The van der Waals surface area contributed by atoms with Crippen molar-refractivity contribution in [3.63, 3.8) is 0 Å². The van der Waals surface area contributed by atoms with Gasteiger partial charge in [0.25, 0.3) is 0 Å². The SMILES string of the molecule is CCCC[C@H](N)C(=O)NC(=O)OCc1ccccc1. The van der Waals surface area contributed by atoms with Gasteiger partial charge in [-0.15, -0.1) is 0 Å². The second kappa shape index (κ2) is 8.26. The highest BCUT2D eigenvalue weighted by Crippen LogP contribution is 2.01. The molecule has 0 saturated heterocycles. The number of hydrogen-bond donors (Lipinski definition) is 2. The number of hydrogen-bond acceptors (Lipinski definition) is 4. The van der Waals surface area contributed by atoms with Crippen LogP contribution in [0, 0.1) is 0 Å². The van der Waals surface area contributed by atoms with E-state index >= 15 is 0 Å². The zero-order chi connectivity index (χ0) is 14.1. The normalized spacial score (nSPS) is 11.7. The molecule has 0 aliphatic heterocycles.